The summed E-state index contributed by atoms with van der Waals surface area (Å²) in [5.41, 5.74) is 0.244. The lowest BCUT2D eigenvalue weighted by Gasteiger charge is -2.25. The second-order valence-electron chi connectivity index (χ2n) is 6.47. The van der Waals surface area contributed by atoms with Crippen molar-refractivity contribution in [2.24, 2.45) is 0 Å². The first kappa shape index (κ1) is 24.3. The van der Waals surface area contributed by atoms with Crippen LogP contribution in [0.5, 0.6) is 5.75 Å². The molecule has 0 aromatic heterocycles. The molecule has 2 rings (SSSR count). The Morgan fingerprint density at radius 3 is 2.63 bits per heavy atom. The molecule has 5 nitrogen and oxygen atoms in total. The van der Waals surface area contributed by atoms with Crippen molar-refractivity contribution in [3.05, 3.63) is 63.9 Å². The van der Waals surface area contributed by atoms with Crippen LogP contribution in [-0.4, -0.2) is 55.0 Å². The average Bonchev–Trinajstić information content (AvgIpc) is 2.71. The highest BCUT2D eigenvalue weighted by molar-refractivity contribution is 7.98. The predicted octanol–water partition coefficient (Wildman–Crippen LogP) is 4.52. The van der Waals surface area contributed by atoms with E-state index in [4.69, 9.17) is 27.9 Å². The largest absolute Gasteiger partial charge is 0.489 e. The van der Waals surface area contributed by atoms with Crippen molar-refractivity contribution >= 4 is 46.8 Å². The van der Waals surface area contributed by atoms with Crippen LogP contribution in [0.1, 0.15) is 16.8 Å². The molecule has 1 atom stereocenters. The minimum Gasteiger partial charge on any atom is -0.489 e. The summed E-state index contributed by atoms with van der Waals surface area (Å²) in [6.07, 6.45) is 2.38. The van der Waals surface area contributed by atoms with Crippen molar-refractivity contribution in [2.75, 3.05) is 32.2 Å². The molecule has 2 aromatic rings. The zero-order valence-corrected chi connectivity index (χ0v) is 19.0. The summed E-state index contributed by atoms with van der Waals surface area (Å²) in [4.78, 5) is 27.0. The lowest BCUT2D eigenvalue weighted by Crippen LogP contribution is -2.48. The number of benzene rings is 2. The number of hydrogen-bond acceptors (Lipinski definition) is 4. The molecule has 0 saturated carbocycles. The molecule has 0 saturated heterocycles. The van der Waals surface area contributed by atoms with Gasteiger partial charge in [-0.25, -0.2) is 4.39 Å². The van der Waals surface area contributed by atoms with Gasteiger partial charge in [-0.3, -0.25) is 9.59 Å². The third-order valence-corrected chi connectivity index (χ3v) is 5.48. The van der Waals surface area contributed by atoms with Gasteiger partial charge >= 0.3 is 0 Å². The second-order valence-corrected chi connectivity index (χ2v) is 8.30. The summed E-state index contributed by atoms with van der Waals surface area (Å²) in [5.74, 6) is -0.365. The Hall–Kier alpha value is -1.96. The summed E-state index contributed by atoms with van der Waals surface area (Å²) < 4.78 is 19.0. The number of hydrogen-bond donors (Lipinski definition) is 1. The van der Waals surface area contributed by atoms with E-state index < -0.39 is 17.8 Å². The Bertz CT molecular complexity index is 885. The zero-order valence-electron chi connectivity index (χ0n) is 16.7. The summed E-state index contributed by atoms with van der Waals surface area (Å²) in [6.45, 7) is 0.357. The van der Waals surface area contributed by atoms with E-state index in [0.29, 0.717) is 17.2 Å². The quantitative estimate of drug-likeness (QED) is 0.551. The van der Waals surface area contributed by atoms with Gasteiger partial charge in [0, 0.05) is 12.1 Å². The molecule has 0 aliphatic rings. The lowest BCUT2D eigenvalue weighted by molar-refractivity contribution is -0.132. The Kier molecular flexibility index (Phi) is 9.75. The Labute approximate surface area is 189 Å². The first-order valence-corrected chi connectivity index (χ1v) is 11.4. The molecule has 2 aromatic carbocycles. The molecule has 1 unspecified atom stereocenters. The van der Waals surface area contributed by atoms with Crippen LogP contribution >= 0.6 is 35.0 Å². The van der Waals surface area contributed by atoms with Gasteiger partial charge in [0.1, 0.15) is 12.6 Å². The van der Waals surface area contributed by atoms with Gasteiger partial charge < -0.3 is 15.0 Å². The van der Waals surface area contributed by atoms with Gasteiger partial charge in [0.15, 0.2) is 11.6 Å². The molecule has 0 heterocycles. The van der Waals surface area contributed by atoms with Crippen LogP contribution in [0.4, 0.5) is 4.39 Å². The van der Waals surface area contributed by atoms with E-state index in [-0.39, 0.29) is 35.4 Å². The van der Waals surface area contributed by atoms with Crippen molar-refractivity contribution in [3.8, 4) is 5.75 Å². The topological polar surface area (TPSA) is 58.6 Å². The van der Waals surface area contributed by atoms with Crippen LogP contribution in [0, 0.1) is 5.82 Å². The van der Waals surface area contributed by atoms with Gasteiger partial charge in [-0.15, -0.1) is 0 Å². The number of likely N-dealkylation sites (N-methyl/N-ethyl adjacent to an activating group) is 1. The van der Waals surface area contributed by atoms with Gasteiger partial charge in [0.05, 0.1) is 17.1 Å². The van der Waals surface area contributed by atoms with Gasteiger partial charge in [-0.1, -0.05) is 35.3 Å². The van der Waals surface area contributed by atoms with E-state index in [1.165, 1.54) is 29.2 Å². The highest BCUT2D eigenvalue weighted by Gasteiger charge is 2.25. The SMILES string of the molecule is CSCCC(NC(=O)c1ccc(Cl)cc1Cl)C(=O)N(C)CCOc1ccccc1F. The number of nitrogens with one attached hydrogen (secondary N) is 1. The fraction of sp³-hybridized carbons (Fsp3) is 0.333. The first-order valence-electron chi connectivity index (χ1n) is 9.20. The molecular formula is C21H23Cl2FN2O3S. The molecule has 0 fully saturated rings. The molecule has 9 heteroatoms. The van der Waals surface area contributed by atoms with Crippen LogP contribution in [0.2, 0.25) is 10.0 Å². The van der Waals surface area contributed by atoms with Crippen molar-refractivity contribution in [2.45, 2.75) is 12.5 Å². The monoisotopic (exact) mass is 472 g/mol. The number of ether oxygens (including phenoxy) is 1. The Balaban J connectivity index is 1.99. The van der Waals surface area contributed by atoms with Gasteiger partial charge in [0.25, 0.3) is 5.91 Å². The van der Waals surface area contributed by atoms with Crippen LogP contribution < -0.4 is 10.1 Å². The van der Waals surface area contributed by atoms with Crippen molar-refractivity contribution < 1.29 is 18.7 Å². The van der Waals surface area contributed by atoms with Crippen LogP contribution in [0.3, 0.4) is 0 Å². The highest BCUT2D eigenvalue weighted by Crippen LogP contribution is 2.21. The molecule has 1 N–H and O–H groups in total. The fourth-order valence-electron chi connectivity index (χ4n) is 2.63. The normalized spacial score (nSPS) is 11.6. The van der Waals surface area contributed by atoms with Crippen LogP contribution in [0.25, 0.3) is 0 Å². The summed E-state index contributed by atoms with van der Waals surface area (Å²) in [6, 6.07) is 9.90. The molecule has 0 bridgehead atoms. The van der Waals surface area contributed by atoms with Gasteiger partial charge in [-0.2, -0.15) is 11.8 Å². The predicted molar refractivity (Wildman–Crippen MR) is 120 cm³/mol. The van der Waals surface area contributed by atoms with Crippen molar-refractivity contribution in [1.82, 2.24) is 10.2 Å². The third-order valence-electron chi connectivity index (χ3n) is 4.29. The number of carbonyl (C=O) groups is 2. The highest BCUT2D eigenvalue weighted by atomic mass is 35.5. The fourth-order valence-corrected chi connectivity index (χ4v) is 3.60. The summed E-state index contributed by atoms with van der Waals surface area (Å²) >= 11 is 13.5. The third kappa shape index (κ3) is 7.07. The molecule has 2 amide bonds. The number of halogens is 3. The number of nitrogens with zero attached hydrogens (tertiary/aromatic N) is 1. The van der Waals surface area contributed by atoms with E-state index >= 15 is 0 Å². The maximum Gasteiger partial charge on any atom is 0.253 e. The van der Waals surface area contributed by atoms with Crippen molar-refractivity contribution in [1.29, 1.82) is 0 Å². The Morgan fingerprint density at radius 2 is 1.97 bits per heavy atom. The van der Waals surface area contributed by atoms with Crippen LogP contribution in [-0.2, 0) is 4.79 Å². The molecular weight excluding hydrogens is 450 g/mol. The maximum absolute atomic E-state index is 13.6. The number of amides is 2. The molecule has 0 aliphatic carbocycles. The maximum atomic E-state index is 13.6. The average molecular weight is 473 g/mol. The molecule has 0 spiro atoms. The minimum atomic E-state index is -0.727. The molecule has 162 valence electrons. The summed E-state index contributed by atoms with van der Waals surface area (Å²) in [7, 11) is 1.61. The van der Waals surface area contributed by atoms with E-state index in [9.17, 15) is 14.0 Å². The number of thioether (sulfide) groups is 1. The smallest absolute Gasteiger partial charge is 0.253 e. The van der Waals surface area contributed by atoms with Crippen molar-refractivity contribution in [3.63, 3.8) is 0 Å². The number of rotatable bonds is 10. The van der Waals surface area contributed by atoms with Gasteiger partial charge in [0.2, 0.25) is 5.91 Å². The zero-order chi connectivity index (χ0) is 22.1. The lowest BCUT2D eigenvalue weighted by atomic mass is 10.1. The molecule has 0 aliphatic heterocycles. The number of para-hydroxylation sites is 1. The van der Waals surface area contributed by atoms with E-state index in [2.05, 4.69) is 5.32 Å². The van der Waals surface area contributed by atoms with Crippen LogP contribution in [0.15, 0.2) is 42.5 Å². The second kappa shape index (κ2) is 12.0. The summed E-state index contributed by atoms with van der Waals surface area (Å²) in [5, 5.41) is 3.38. The van der Waals surface area contributed by atoms with E-state index in [1.54, 1.807) is 37.0 Å². The molecule has 0 radical (unpaired) electrons. The van der Waals surface area contributed by atoms with E-state index in [0.717, 1.165) is 0 Å². The number of carbonyl (C=O) groups excluding carboxylic acids is 2. The first-order chi connectivity index (χ1) is 14.3. The van der Waals surface area contributed by atoms with Gasteiger partial charge in [-0.05, 0) is 48.8 Å². The molecule has 30 heavy (non-hydrogen) atoms. The standard InChI is InChI=1S/C21H23Cl2FN2O3S/c1-26(10-11-29-19-6-4-3-5-17(19)24)21(28)18(9-12-30-2)25-20(27)15-8-7-14(22)13-16(15)23/h3-8,13,18H,9-12H2,1-2H3,(H,25,27). The minimum absolute atomic E-state index is 0.120. The van der Waals surface area contributed by atoms with E-state index in [1.807, 2.05) is 6.26 Å². The Morgan fingerprint density at radius 1 is 1.23 bits per heavy atom.